The second-order valence-corrected chi connectivity index (χ2v) is 4.11. The van der Waals surface area contributed by atoms with E-state index in [1.165, 1.54) is 0 Å². The van der Waals surface area contributed by atoms with Gasteiger partial charge in [0.25, 0.3) is 0 Å². The molecule has 3 N–H and O–H groups in total. The Morgan fingerprint density at radius 3 is 2.79 bits per heavy atom. The standard InChI is InChI=1S/C9H11BrClNO2/c10-8-3-6(1-2-9(8)11)12-4-7(14)5-13/h1-3,7,12-14H,4-5H2/t7-/m0/s1. The fourth-order valence-electron chi connectivity index (χ4n) is 0.906. The van der Waals surface area contributed by atoms with Crippen molar-refractivity contribution in [2.45, 2.75) is 6.10 Å². The quantitative estimate of drug-likeness (QED) is 0.789. The molecule has 0 aromatic heterocycles. The topological polar surface area (TPSA) is 52.5 Å². The Kier molecular flexibility index (Phi) is 4.68. The van der Waals surface area contributed by atoms with Gasteiger partial charge in [-0.25, -0.2) is 0 Å². The minimum absolute atomic E-state index is 0.248. The second-order valence-electron chi connectivity index (χ2n) is 2.85. The van der Waals surface area contributed by atoms with Gasteiger partial charge in [-0.3, -0.25) is 0 Å². The monoisotopic (exact) mass is 279 g/mol. The van der Waals surface area contributed by atoms with Crippen molar-refractivity contribution >= 4 is 33.2 Å². The first-order valence-electron chi connectivity index (χ1n) is 4.11. The van der Waals surface area contributed by atoms with Crippen LogP contribution in [0.4, 0.5) is 5.69 Å². The van der Waals surface area contributed by atoms with E-state index in [4.69, 9.17) is 21.8 Å². The smallest absolute Gasteiger partial charge is 0.0942 e. The Morgan fingerprint density at radius 1 is 1.50 bits per heavy atom. The Bertz CT molecular complexity index is 309. The largest absolute Gasteiger partial charge is 0.394 e. The van der Waals surface area contributed by atoms with E-state index in [1.807, 2.05) is 6.07 Å². The summed E-state index contributed by atoms with van der Waals surface area (Å²) in [6.07, 6.45) is -0.746. The lowest BCUT2D eigenvalue weighted by atomic mass is 10.3. The van der Waals surface area contributed by atoms with Gasteiger partial charge in [0.1, 0.15) is 0 Å². The molecule has 0 aliphatic rings. The predicted octanol–water partition coefficient (Wildman–Crippen LogP) is 1.87. The van der Waals surface area contributed by atoms with E-state index in [1.54, 1.807) is 12.1 Å². The van der Waals surface area contributed by atoms with E-state index in [0.29, 0.717) is 11.6 Å². The van der Waals surface area contributed by atoms with Crippen LogP contribution in [0.15, 0.2) is 22.7 Å². The molecule has 0 saturated heterocycles. The number of aliphatic hydroxyl groups excluding tert-OH is 2. The van der Waals surface area contributed by atoms with Crippen LogP contribution in [0, 0.1) is 0 Å². The van der Waals surface area contributed by atoms with Gasteiger partial charge in [0.2, 0.25) is 0 Å². The zero-order valence-electron chi connectivity index (χ0n) is 7.37. The molecule has 0 radical (unpaired) electrons. The minimum atomic E-state index is -0.746. The number of anilines is 1. The number of hydrogen-bond donors (Lipinski definition) is 3. The fraction of sp³-hybridized carbons (Fsp3) is 0.333. The molecule has 0 unspecified atom stereocenters. The van der Waals surface area contributed by atoms with E-state index in [2.05, 4.69) is 21.2 Å². The molecule has 0 heterocycles. The maximum absolute atomic E-state index is 9.09. The summed E-state index contributed by atoms with van der Waals surface area (Å²) in [7, 11) is 0. The number of nitrogens with one attached hydrogen (secondary N) is 1. The highest BCUT2D eigenvalue weighted by molar-refractivity contribution is 9.10. The van der Waals surface area contributed by atoms with Crippen LogP contribution in [0.25, 0.3) is 0 Å². The van der Waals surface area contributed by atoms with Crippen LogP contribution in [0.5, 0.6) is 0 Å². The molecule has 0 fully saturated rings. The molecule has 1 rings (SSSR count). The molecule has 0 saturated carbocycles. The summed E-state index contributed by atoms with van der Waals surface area (Å²) >= 11 is 9.09. The summed E-state index contributed by atoms with van der Waals surface area (Å²) in [6.45, 7) is 0.0618. The maximum Gasteiger partial charge on any atom is 0.0942 e. The lowest BCUT2D eigenvalue weighted by molar-refractivity contribution is 0.105. The molecule has 14 heavy (non-hydrogen) atoms. The highest BCUT2D eigenvalue weighted by Gasteiger charge is 2.02. The van der Waals surface area contributed by atoms with E-state index < -0.39 is 6.10 Å². The van der Waals surface area contributed by atoms with Crippen molar-refractivity contribution in [3.63, 3.8) is 0 Å². The van der Waals surface area contributed by atoms with Crippen molar-refractivity contribution in [1.29, 1.82) is 0 Å². The van der Waals surface area contributed by atoms with E-state index in [9.17, 15) is 0 Å². The molecular formula is C9H11BrClNO2. The van der Waals surface area contributed by atoms with Crippen molar-refractivity contribution in [2.24, 2.45) is 0 Å². The normalized spacial score (nSPS) is 12.6. The third kappa shape index (κ3) is 3.46. The van der Waals surface area contributed by atoms with Crippen LogP contribution < -0.4 is 5.32 Å². The van der Waals surface area contributed by atoms with Crippen LogP contribution >= 0.6 is 27.5 Å². The zero-order chi connectivity index (χ0) is 10.6. The molecule has 5 heteroatoms. The Labute approximate surface area is 95.8 Å². The van der Waals surface area contributed by atoms with Gasteiger partial charge in [0.15, 0.2) is 0 Å². The molecule has 78 valence electrons. The van der Waals surface area contributed by atoms with Crippen LogP contribution in [0.2, 0.25) is 5.02 Å². The summed E-state index contributed by atoms with van der Waals surface area (Å²) in [5.41, 5.74) is 0.841. The molecule has 3 nitrogen and oxygen atoms in total. The fourth-order valence-corrected chi connectivity index (χ4v) is 1.40. The van der Waals surface area contributed by atoms with Gasteiger partial charge in [-0.15, -0.1) is 0 Å². The first-order chi connectivity index (χ1) is 6.63. The summed E-state index contributed by atoms with van der Waals surface area (Å²) in [6, 6.07) is 5.36. The van der Waals surface area contributed by atoms with Crippen LogP contribution in [0.1, 0.15) is 0 Å². The van der Waals surface area contributed by atoms with Gasteiger partial charge in [0.05, 0.1) is 17.7 Å². The highest BCUT2D eigenvalue weighted by atomic mass is 79.9. The molecule has 0 bridgehead atoms. The SMILES string of the molecule is OC[C@@H](O)CNc1ccc(Cl)c(Br)c1. The maximum atomic E-state index is 9.09. The molecular weight excluding hydrogens is 269 g/mol. The molecule has 0 amide bonds. The Hall–Kier alpha value is -0.290. The van der Waals surface area contributed by atoms with Crippen LogP contribution in [-0.4, -0.2) is 29.5 Å². The van der Waals surface area contributed by atoms with Gasteiger partial charge in [-0.1, -0.05) is 11.6 Å². The molecule has 0 aliphatic heterocycles. The van der Waals surface area contributed by atoms with Crippen molar-refractivity contribution < 1.29 is 10.2 Å². The Balaban J connectivity index is 2.55. The van der Waals surface area contributed by atoms with Crippen molar-refractivity contribution in [3.05, 3.63) is 27.7 Å². The molecule has 0 spiro atoms. The van der Waals surface area contributed by atoms with Gasteiger partial charge in [-0.05, 0) is 34.1 Å². The van der Waals surface area contributed by atoms with Crippen molar-refractivity contribution in [2.75, 3.05) is 18.5 Å². The number of rotatable bonds is 4. The van der Waals surface area contributed by atoms with Crippen LogP contribution in [-0.2, 0) is 0 Å². The molecule has 1 atom stereocenters. The number of halogens is 2. The average Bonchev–Trinajstić information content (AvgIpc) is 2.19. The summed E-state index contributed by atoms with van der Waals surface area (Å²) in [5, 5.41) is 21.3. The molecule has 0 aliphatic carbocycles. The summed E-state index contributed by atoms with van der Waals surface area (Å²) in [4.78, 5) is 0. The minimum Gasteiger partial charge on any atom is -0.394 e. The zero-order valence-corrected chi connectivity index (χ0v) is 9.72. The second kappa shape index (κ2) is 5.56. The summed E-state index contributed by atoms with van der Waals surface area (Å²) in [5.74, 6) is 0. The average molecular weight is 281 g/mol. The van der Waals surface area contributed by atoms with Crippen LogP contribution in [0.3, 0.4) is 0 Å². The van der Waals surface area contributed by atoms with Gasteiger partial charge in [0, 0.05) is 16.7 Å². The van der Waals surface area contributed by atoms with E-state index >= 15 is 0 Å². The first-order valence-corrected chi connectivity index (χ1v) is 5.28. The lowest BCUT2D eigenvalue weighted by Crippen LogP contribution is -2.22. The third-order valence-corrected chi connectivity index (χ3v) is 2.89. The predicted molar refractivity (Wildman–Crippen MR) is 60.7 cm³/mol. The molecule has 1 aromatic carbocycles. The van der Waals surface area contributed by atoms with Crippen molar-refractivity contribution in [3.8, 4) is 0 Å². The number of aliphatic hydroxyl groups is 2. The van der Waals surface area contributed by atoms with Gasteiger partial charge < -0.3 is 15.5 Å². The van der Waals surface area contributed by atoms with Gasteiger partial charge >= 0.3 is 0 Å². The molecule has 1 aromatic rings. The number of benzene rings is 1. The third-order valence-electron chi connectivity index (χ3n) is 1.67. The first kappa shape index (κ1) is 11.8. The highest BCUT2D eigenvalue weighted by Crippen LogP contribution is 2.25. The van der Waals surface area contributed by atoms with Crippen molar-refractivity contribution in [1.82, 2.24) is 0 Å². The van der Waals surface area contributed by atoms with Gasteiger partial charge in [-0.2, -0.15) is 0 Å². The number of hydrogen-bond acceptors (Lipinski definition) is 3. The Morgan fingerprint density at radius 2 is 2.21 bits per heavy atom. The summed E-state index contributed by atoms with van der Waals surface area (Å²) < 4.78 is 0.794. The van der Waals surface area contributed by atoms with E-state index in [-0.39, 0.29) is 6.61 Å². The van der Waals surface area contributed by atoms with E-state index in [0.717, 1.165) is 10.2 Å². The lowest BCUT2D eigenvalue weighted by Gasteiger charge is -2.10.